The Hall–Kier alpha value is -5.87. The smallest absolute Gasteiger partial charge is 0.255 e. The molecule has 4 aliphatic heterocycles. The van der Waals surface area contributed by atoms with E-state index in [9.17, 15) is 9.59 Å². The zero-order valence-electron chi connectivity index (χ0n) is 31.2. The maximum atomic E-state index is 14.8. The maximum Gasteiger partial charge on any atom is 0.255 e. The van der Waals surface area contributed by atoms with Crippen LogP contribution in [0.1, 0.15) is 33.5 Å². The van der Waals surface area contributed by atoms with E-state index in [0.29, 0.717) is 43.7 Å². The lowest BCUT2D eigenvalue weighted by atomic mass is 9.96. The lowest BCUT2D eigenvalue weighted by Gasteiger charge is -2.52. The van der Waals surface area contributed by atoms with Gasteiger partial charge < -0.3 is 24.6 Å². The van der Waals surface area contributed by atoms with Crippen molar-refractivity contribution in [1.82, 2.24) is 14.7 Å². The van der Waals surface area contributed by atoms with E-state index in [1.165, 1.54) is 5.56 Å². The number of fused-ring (bicyclic) bond motifs is 4. The fraction of sp³-hybridized carbons (Fsp3) is 0.255. The minimum absolute atomic E-state index is 0.0207. The standard InChI is InChI=1S/C47H45N5O4/c1-2-3-21-39(43-45(56-43)48-27-26-32-13-6-4-7-14-32)51-30-41-47(55-41)52-40(28-33-22-24-37(25-23-33)49-44(53)35-16-8-5-9-17-35)46(54)50(31-42(51)52)29-36-19-12-18-34-15-10-11-20-38(34)36/h2,4-25,27,40-43,45,47H,1,3,26,28-31H2,(H,49,53)/b39-21-,48-27?/t40?,41?,42-,43?,45?,47?/m1/s1. The van der Waals surface area contributed by atoms with Gasteiger partial charge in [0.1, 0.15) is 24.6 Å². The number of anilines is 1. The molecule has 0 saturated carbocycles. The van der Waals surface area contributed by atoms with E-state index in [1.54, 1.807) is 12.1 Å². The molecule has 5 aromatic rings. The van der Waals surface area contributed by atoms with E-state index in [-0.39, 0.29) is 42.6 Å². The number of rotatable bonds is 13. The Balaban J connectivity index is 1.00. The molecule has 56 heavy (non-hydrogen) atoms. The van der Waals surface area contributed by atoms with E-state index in [0.717, 1.165) is 34.0 Å². The number of aliphatic imine (C=N–C) groups is 1. The van der Waals surface area contributed by atoms with Gasteiger partial charge in [0.25, 0.3) is 5.91 Å². The van der Waals surface area contributed by atoms with Gasteiger partial charge in [0.2, 0.25) is 5.91 Å². The second-order valence-electron chi connectivity index (χ2n) is 14.9. The molecule has 4 saturated heterocycles. The van der Waals surface area contributed by atoms with E-state index in [1.807, 2.05) is 83.9 Å². The van der Waals surface area contributed by atoms with Crippen molar-refractivity contribution in [2.24, 2.45) is 4.99 Å². The number of epoxide rings is 2. The van der Waals surface area contributed by atoms with Gasteiger partial charge >= 0.3 is 0 Å². The van der Waals surface area contributed by atoms with Gasteiger partial charge in [-0.3, -0.25) is 14.6 Å². The van der Waals surface area contributed by atoms with Crippen LogP contribution >= 0.6 is 0 Å². The van der Waals surface area contributed by atoms with E-state index >= 15 is 0 Å². The third kappa shape index (κ3) is 7.53. The normalized spacial score (nSPS) is 24.5. The fourth-order valence-corrected chi connectivity index (χ4v) is 8.28. The number of carbonyl (C=O) groups is 2. The molecule has 0 radical (unpaired) electrons. The highest BCUT2D eigenvalue weighted by Crippen LogP contribution is 2.44. The van der Waals surface area contributed by atoms with Gasteiger partial charge in [-0.05, 0) is 64.6 Å². The van der Waals surface area contributed by atoms with Gasteiger partial charge in [-0.2, -0.15) is 0 Å². The van der Waals surface area contributed by atoms with Crippen molar-refractivity contribution < 1.29 is 19.1 Å². The van der Waals surface area contributed by atoms with Crippen LogP contribution in [-0.4, -0.2) is 82.7 Å². The van der Waals surface area contributed by atoms with E-state index in [4.69, 9.17) is 14.5 Å². The molecular formula is C47H45N5O4. The Morgan fingerprint density at radius 3 is 2.39 bits per heavy atom. The Kier molecular flexibility index (Phi) is 10.0. The molecule has 4 aliphatic rings. The number of benzene rings is 5. The number of nitrogens with zero attached hydrogens (tertiary/aromatic N) is 4. The van der Waals surface area contributed by atoms with Crippen molar-refractivity contribution in [1.29, 1.82) is 0 Å². The van der Waals surface area contributed by atoms with Crippen molar-refractivity contribution in [3.05, 3.63) is 174 Å². The third-order valence-corrected chi connectivity index (χ3v) is 11.2. The van der Waals surface area contributed by atoms with Gasteiger partial charge in [-0.25, -0.2) is 4.90 Å². The monoisotopic (exact) mass is 743 g/mol. The zero-order chi connectivity index (χ0) is 38.0. The molecule has 0 aliphatic carbocycles. The summed E-state index contributed by atoms with van der Waals surface area (Å²) in [5.74, 6) is -0.0865. The molecule has 9 nitrogen and oxygen atoms in total. The van der Waals surface area contributed by atoms with Crippen LogP contribution in [0.25, 0.3) is 10.8 Å². The highest BCUT2D eigenvalue weighted by Gasteiger charge is 2.60. The van der Waals surface area contributed by atoms with Crippen LogP contribution in [0.2, 0.25) is 0 Å². The SMILES string of the molecule is C=CC/C=C(/C1OC1N=CCc1ccccc1)N1CC2OC2N2C(Cc3ccc(NC(=O)c4ccccc4)cc3)C(=O)N(Cc3cccc4ccccc34)C[C@H]12. The van der Waals surface area contributed by atoms with Crippen molar-refractivity contribution in [3.63, 3.8) is 0 Å². The summed E-state index contributed by atoms with van der Waals surface area (Å²) in [6.45, 7) is 5.71. The molecule has 0 bridgehead atoms. The molecule has 9 heteroatoms. The predicted molar refractivity (Wildman–Crippen MR) is 219 cm³/mol. The number of hydrogen-bond donors (Lipinski definition) is 1. The van der Waals surface area contributed by atoms with Crippen LogP contribution in [-0.2, 0) is 33.7 Å². The molecule has 6 atom stereocenters. The summed E-state index contributed by atoms with van der Waals surface area (Å²) in [4.78, 5) is 39.2. The Morgan fingerprint density at radius 2 is 1.59 bits per heavy atom. The van der Waals surface area contributed by atoms with Crippen molar-refractivity contribution in [2.45, 2.75) is 62.7 Å². The number of piperazine rings is 1. The van der Waals surface area contributed by atoms with Gasteiger partial charge in [0.15, 0.2) is 6.23 Å². The number of nitrogens with one attached hydrogen (secondary N) is 1. The van der Waals surface area contributed by atoms with Gasteiger partial charge in [0.05, 0.1) is 12.6 Å². The lowest BCUT2D eigenvalue weighted by Crippen LogP contribution is -2.70. The third-order valence-electron chi connectivity index (χ3n) is 11.2. The minimum Gasteiger partial charge on any atom is -0.352 e. The summed E-state index contributed by atoms with van der Waals surface area (Å²) in [6, 6.07) is 41.5. The van der Waals surface area contributed by atoms with Crippen LogP contribution in [0, 0.1) is 0 Å². The van der Waals surface area contributed by atoms with Gasteiger partial charge in [-0.15, -0.1) is 6.58 Å². The molecule has 282 valence electrons. The van der Waals surface area contributed by atoms with E-state index < -0.39 is 6.04 Å². The summed E-state index contributed by atoms with van der Waals surface area (Å²) in [5.41, 5.74) is 5.68. The molecule has 0 aromatic heterocycles. The quantitative estimate of drug-likeness (QED) is 0.0779. The average molecular weight is 744 g/mol. The molecule has 0 spiro atoms. The van der Waals surface area contributed by atoms with Crippen LogP contribution in [0.4, 0.5) is 5.69 Å². The van der Waals surface area contributed by atoms with Gasteiger partial charge in [-0.1, -0.05) is 115 Å². The number of carbonyl (C=O) groups excluding carboxylic acids is 2. The zero-order valence-corrected chi connectivity index (χ0v) is 31.2. The lowest BCUT2D eigenvalue weighted by molar-refractivity contribution is -0.156. The van der Waals surface area contributed by atoms with E-state index in [2.05, 4.69) is 76.3 Å². The molecule has 4 heterocycles. The van der Waals surface area contributed by atoms with Crippen LogP contribution in [0.5, 0.6) is 0 Å². The van der Waals surface area contributed by atoms with Crippen LogP contribution in [0.15, 0.2) is 157 Å². The summed E-state index contributed by atoms with van der Waals surface area (Å²) in [7, 11) is 0. The summed E-state index contributed by atoms with van der Waals surface area (Å²) >= 11 is 0. The molecule has 9 rings (SSSR count). The second kappa shape index (κ2) is 15.7. The summed E-state index contributed by atoms with van der Waals surface area (Å²) in [5, 5.41) is 5.30. The number of ether oxygens (including phenoxy) is 2. The van der Waals surface area contributed by atoms with Crippen molar-refractivity contribution >= 4 is 34.5 Å². The average Bonchev–Trinajstić information content (AvgIpc) is 4.18. The molecule has 5 aromatic carbocycles. The maximum absolute atomic E-state index is 14.8. The Morgan fingerprint density at radius 1 is 0.839 bits per heavy atom. The first-order chi connectivity index (χ1) is 27.5. The molecule has 5 unspecified atom stereocenters. The molecular weight excluding hydrogens is 699 g/mol. The van der Waals surface area contributed by atoms with Crippen LogP contribution in [0.3, 0.4) is 0 Å². The highest BCUT2D eigenvalue weighted by atomic mass is 16.6. The largest absolute Gasteiger partial charge is 0.352 e. The Labute approximate surface area is 327 Å². The summed E-state index contributed by atoms with van der Waals surface area (Å²) in [6.07, 6.45) is 7.20. The second-order valence-corrected chi connectivity index (χ2v) is 14.9. The summed E-state index contributed by atoms with van der Waals surface area (Å²) < 4.78 is 12.6. The first-order valence-electron chi connectivity index (χ1n) is 19.5. The van der Waals surface area contributed by atoms with Crippen molar-refractivity contribution in [2.75, 3.05) is 18.4 Å². The minimum atomic E-state index is -0.466. The first-order valence-corrected chi connectivity index (χ1v) is 19.5. The number of amides is 2. The molecule has 2 amide bonds. The predicted octanol–water partition coefficient (Wildman–Crippen LogP) is 7.21. The Bertz CT molecular complexity index is 2270. The first kappa shape index (κ1) is 35.8. The topological polar surface area (TPSA) is 93.3 Å². The highest BCUT2D eigenvalue weighted by molar-refractivity contribution is 6.04. The fourth-order valence-electron chi connectivity index (χ4n) is 8.28. The number of hydrogen-bond acceptors (Lipinski definition) is 7. The molecule has 4 fully saturated rings. The molecule has 1 N–H and O–H groups in total. The van der Waals surface area contributed by atoms with Gasteiger partial charge in [0, 0.05) is 42.7 Å². The van der Waals surface area contributed by atoms with Crippen molar-refractivity contribution in [3.8, 4) is 0 Å². The number of allylic oxidation sites excluding steroid dienone is 2. The van der Waals surface area contributed by atoms with Crippen LogP contribution < -0.4 is 5.32 Å².